The molecule has 1 aliphatic rings. The first kappa shape index (κ1) is 10.8. The third kappa shape index (κ3) is 2.14. The van der Waals surface area contributed by atoms with Gasteiger partial charge in [0.1, 0.15) is 0 Å². The van der Waals surface area contributed by atoms with Crippen molar-refractivity contribution in [2.75, 3.05) is 6.61 Å². The molecule has 14 heavy (non-hydrogen) atoms. The fourth-order valence-electron chi connectivity index (χ4n) is 1.20. The summed E-state index contributed by atoms with van der Waals surface area (Å²) in [6, 6.07) is 0. The van der Waals surface area contributed by atoms with E-state index < -0.39 is 5.66 Å². The molecule has 80 valence electrons. The zero-order chi connectivity index (χ0) is 10.8. The van der Waals surface area contributed by atoms with E-state index >= 15 is 0 Å². The fraction of sp³-hybridized carbons (Fsp3) is 0.750. The van der Waals surface area contributed by atoms with Gasteiger partial charge in [0.15, 0.2) is 5.66 Å². The Labute approximate surface area is 83.6 Å². The minimum absolute atomic E-state index is 0.184. The summed E-state index contributed by atoms with van der Waals surface area (Å²) in [6.45, 7) is 6.31. The number of guanidine groups is 2. The molecule has 0 aromatic carbocycles. The lowest BCUT2D eigenvalue weighted by Crippen LogP contribution is -2.53. The topological polar surface area (TPSA) is 89.2 Å². The van der Waals surface area contributed by atoms with Crippen molar-refractivity contribution in [2.45, 2.75) is 32.9 Å². The highest BCUT2D eigenvalue weighted by atomic mass is 16.7. The zero-order valence-corrected chi connectivity index (χ0v) is 8.82. The Kier molecular flexibility index (Phi) is 2.95. The van der Waals surface area contributed by atoms with Gasteiger partial charge in [-0.2, -0.15) is 10.1 Å². The van der Waals surface area contributed by atoms with Gasteiger partial charge in [0, 0.05) is 0 Å². The van der Waals surface area contributed by atoms with Crippen molar-refractivity contribution < 1.29 is 4.84 Å². The summed E-state index contributed by atoms with van der Waals surface area (Å²) >= 11 is 0. The van der Waals surface area contributed by atoms with E-state index in [2.05, 4.69) is 9.98 Å². The average molecular weight is 199 g/mol. The first-order chi connectivity index (χ1) is 6.47. The van der Waals surface area contributed by atoms with Crippen LogP contribution in [-0.4, -0.2) is 29.3 Å². The summed E-state index contributed by atoms with van der Waals surface area (Å²) in [5, 5.41) is 1.48. The number of rotatable bonds is 3. The Hall–Kier alpha value is -1.30. The van der Waals surface area contributed by atoms with Crippen molar-refractivity contribution in [1.29, 1.82) is 0 Å². The number of hydrogen-bond acceptors (Lipinski definition) is 6. The van der Waals surface area contributed by atoms with Crippen LogP contribution in [0.5, 0.6) is 0 Å². The second-order valence-corrected chi connectivity index (χ2v) is 3.56. The highest BCUT2D eigenvalue weighted by molar-refractivity contribution is 5.95. The molecule has 6 heteroatoms. The molecule has 0 saturated carbocycles. The van der Waals surface area contributed by atoms with Crippen LogP contribution in [0.4, 0.5) is 0 Å². The SMILES string of the molecule is CCCON1C(N)=NC(N)=NC1(C)C. The first-order valence-corrected chi connectivity index (χ1v) is 4.60. The van der Waals surface area contributed by atoms with E-state index in [4.69, 9.17) is 16.3 Å². The lowest BCUT2D eigenvalue weighted by atomic mass is 10.2. The monoisotopic (exact) mass is 199 g/mol. The summed E-state index contributed by atoms with van der Waals surface area (Å²) in [5.74, 6) is 0.430. The van der Waals surface area contributed by atoms with Crippen molar-refractivity contribution in [3.8, 4) is 0 Å². The van der Waals surface area contributed by atoms with E-state index in [1.54, 1.807) is 0 Å². The molecule has 0 fully saturated rings. The smallest absolute Gasteiger partial charge is 0.226 e. The molecular weight excluding hydrogens is 182 g/mol. The van der Waals surface area contributed by atoms with Crippen LogP contribution in [0, 0.1) is 0 Å². The summed E-state index contributed by atoms with van der Waals surface area (Å²) in [4.78, 5) is 13.4. The second-order valence-electron chi connectivity index (χ2n) is 3.56. The molecule has 6 nitrogen and oxygen atoms in total. The highest BCUT2D eigenvalue weighted by Crippen LogP contribution is 2.19. The number of aliphatic imine (C=N–C) groups is 2. The van der Waals surface area contributed by atoms with Gasteiger partial charge in [0.25, 0.3) is 0 Å². The Balaban J connectivity index is 2.79. The van der Waals surface area contributed by atoms with E-state index in [9.17, 15) is 0 Å². The zero-order valence-electron chi connectivity index (χ0n) is 8.82. The van der Waals surface area contributed by atoms with Crippen LogP contribution in [0.3, 0.4) is 0 Å². The van der Waals surface area contributed by atoms with Gasteiger partial charge in [-0.05, 0) is 20.3 Å². The minimum Gasteiger partial charge on any atom is -0.368 e. The third-order valence-corrected chi connectivity index (χ3v) is 1.75. The molecule has 0 amide bonds. The maximum atomic E-state index is 5.68. The molecule has 1 heterocycles. The second kappa shape index (κ2) is 3.83. The lowest BCUT2D eigenvalue weighted by molar-refractivity contribution is -0.156. The largest absolute Gasteiger partial charge is 0.368 e. The van der Waals surface area contributed by atoms with Crippen LogP contribution in [-0.2, 0) is 4.84 Å². The van der Waals surface area contributed by atoms with Gasteiger partial charge in [-0.1, -0.05) is 6.92 Å². The van der Waals surface area contributed by atoms with Gasteiger partial charge in [-0.25, -0.2) is 4.99 Å². The van der Waals surface area contributed by atoms with Gasteiger partial charge in [-0.3, -0.25) is 4.84 Å². The highest BCUT2D eigenvalue weighted by Gasteiger charge is 2.32. The number of nitrogens with zero attached hydrogens (tertiary/aromatic N) is 3. The van der Waals surface area contributed by atoms with E-state index in [0.29, 0.717) is 6.61 Å². The molecule has 0 aromatic heterocycles. The molecule has 1 rings (SSSR count). The summed E-state index contributed by atoms with van der Waals surface area (Å²) < 4.78 is 0. The lowest BCUT2D eigenvalue weighted by Gasteiger charge is -2.36. The van der Waals surface area contributed by atoms with Crippen LogP contribution < -0.4 is 11.5 Å². The average Bonchev–Trinajstić information content (AvgIpc) is 2.00. The Bertz CT molecular complexity index is 271. The van der Waals surface area contributed by atoms with E-state index in [-0.39, 0.29) is 11.9 Å². The maximum absolute atomic E-state index is 5.68. The number of hydroxylamine groups is 2. The predicted molar refractivity (Wildman–Crippen MR) is 55.4 cm³/mol. The molecule has 0 aliphatic carbocycles. The van der Waals surface area contributed by atoms with Crippen LogP contribution in [0.2, 0.25) is 0 Å². The van der Waals surface area contributed by atoms with Gasteiger partial charge in [0.2, 0.25) is 11.9 Å². The molecule has 0 spiro atoms. The normalized spacial score (nSPS) is 20.4. The van der Waals surface area contributed by atoms with Crippen molar-refractivity contribution in [3.63, 3.8) is 0 Å². The molecule has 0 unspecified atom stereocenters. The van der Waals surface area contributed by atoms with E-state index in [1.165, 1.54) is 5.06 Å². The standard InChI is InChI=1S/C8H17N5O/c1-4-5-14-13-7(10)11-6(9)12-8(13,2)3/h4-5H2,1-3H3,(H4,9,10,11,12). The fourth-order valence-corrected chi connectivity index (χ4v) is 1.20. The molecule has 0 saturated heterocycles. The minimum atomic E-state index is -0.592. The number of nitrogens with two attached hydrogens (primary N) is 2. The van der Waals surface area contributed by atoms with Crippen LogP contribution in [0.25, 0.3) is 0 Å². The quantitative estimate of drug-likeness (QED) is 0.670. The third-order valence-electron chi connectivity index (χ3n) is 1.75. The molecule has 0 aromatic rings. The molecule has 4 N–H and O–H groups in total. The van der Waals surface area contributed by atoms with Crippen molar-refractivity contribution in [1.82, 2.24) is 5.06 Å². The summed E-state index contributed by atoms with van der Waals surface area (Å²) in [7, 11) is 0. The Morgan fingerprint density at radius 2 is 2.07 bits per heavy atom. The first-order valence-electron chi connectivity index (χ1n) is 4.60. The maximum Gasteiger partial charge on any atom is 0.226 e. The van der Waals surface area contributed by atoms with Crippen molar-refractivity contribution in [3.05, 3.63) is 0 Å². The molecular formula is C8H17N5O. The molecule has 0 radical (unpaired) electrons. The number of hydrogen-bond donors (Lipinski definition) is 2. The summed E-state index contributed by atoms with van der Waals surface area (Å²) in [5.41, 5.74) is 10.6. The Morgan fingerprint density at radius 1 is 1.43 bits per heavy atom. The predicted octanol–water partition coefficient (Wildman–Crippen LogP) is 0.00910. The van der Waals surface area contributed by atoms with Crippen LogP contribution >= 0.6 is 0 Å². The molecule has 1 aliphatic heterocycles. The van der Waals surface area contributed by atoms with Gasteiger partial charge in [-0.15, -0.1) is 0 Å². The van der Waals surface area contributed by atoms with E-state index in [0.717, 1.165) is 6.42 Å². The van der Waals surface area contributed by atoms with Crippen LogP contribution in [0.15, 0.2) is 9.98 Å². The van der Waals surface area contributed by atoms with Crippen molar-refractivity contribution in [2.24, 2.45) is 21.5 Å². The summed E-state index contributed by atoms with van der Waals surface area (Å²) in [6.07, 6.45) is 0.902. The van der Waals surface area contributed by atoms with Crippen LogP contribution in [0.1, 0.15) is 27.2 Å². The van der Waals surface area contributed by atoms with Crippen molar-refractivity contribution >= 4 is 11.9 Å². The molecule has 0 bridgehead atoms. The van der Waals surface area contributed by atoms with E-state index in [1.807, 2.05) is 20.8 Å². The van der Waals surface area contributed by atoms with Gasteiger partial charge in [0.05, 0.1) is 6.61 Å². The molecule has 0 atom stereocenters. The Morgan fingerprint density at radius 3 is 2.57 bits per heavy atom. The van der Waals surface area contributed by atoms with Gasteiger partial charge < -0.3 is 11.5 Å². The van der Waals surface area contributed by atoms with Gasteiger partial charge >= 0.3 is 0 Å².